The fourth-order valence-electron chi connectivity index (χ4n) is 2.40. The van der Waals surface area contributed by atoms with Crippen molar-refractivity contribution < 1.29 is 14.3 Å². The molecule has 0 atom stereocenters. The smallest absolute Gasteiger partial charge is 0.317 e. The largest absolute Gasteiger partial charge is 0.454 e. The summed E-state index contributed by atoms with van der Waals surface area (Å²) < 4.78 is 10.7. The van der Waals surface area contributed by atoms with Crippen molar-refractivity contribution in [2.75, 3.05) is 19.9 Å². The number of nitrogens with zero attached hydrogens (tertiary/aromatic N) is 1. The number of urea groups is 1. The zero-order valence-electron chi connectivity index (χ0n) is 13.7. The van der Waals surface area contributed by atoms with Crippen LogP contribution in [0.4, 0.5) is 4.79 Å². The highest BCUT2D eigenvalue weighted by atomic mass is 16.7. The number of benzene rings is 1. The van der Waals surface area contributed by atoms with Gasteiger partial charge in [-0.1, -0.05) is 19.9 Å². The van der Waals surface area contributed by atoms with E-state index in [-0.39, 0.29) is 12.8 Å². The number of amides is 2. The molecule has 2 amide bonds. The molecule has 0 radical (unpaired) electrons. The molecule has 1 heterocycles. The molecular formula is C17H26N2O3. The maximum atomic E-state index is 12.2. The van der Waals surface area contributed by atoms with Crippen molar-refractivity contribution in [2.45, 2.75) is 40.2 Å². The number of nitrogens with one attached hydrogen (secondary N) is 1. The Labute approximate surface area is 132 Å². The van der Waals surface area contributed by atoms with Crippen molar-refractivity contribution in [3.8, 4) is 11.5 Å². The van der Waals surface area contributed by atoms with Gasteiger partial charge in [-0.3, -0.25) is 0 Å². The molecule has 0 bridgehead atoms. The summed E-state index contributed by atoms with van der Waals surface area (Å²) in [6.07, 6.45) is 2.15. The van der Waals surface area contributed by atoms with Crippen LogP contribution in [-0.2, 0) is 6.54 Å². The van der Waals surface area contributed by atoms with Crippen LogP contribution in [0.1, 0.15) is 39.2 Å². The van der Waals surface area contributed by atoms with Gasteiger partial charge in [-0.15, -0.1) is 0 Å². The highest BCUT2D eigenvalue weighted by Gasteiger charge is 2.16. The second kappa shape index (κ2) is 7.92. The molecular weight excluding hydrogens is 280 g/mol. The van der Waals surface area contributed by atoms with E-state index < -0.39 is 0 Å². The van der Waals surface area contributed by atoms with Crippen LogP contribution < -0.4 is 14.8 Å². The number of ether oxygens (including phenoxy) is 2. The minimum absolute atomic E-state index is 0.0103. The summed E-state index contributed by atoms with van der Waals surface area (Å²) in [6, 6.07) is 5.80. The summed E-state index contributed by atoms with van der Waals surface area (Å²) in [5.74, 6) is 2.20. The Morgan fingerprint density at radius 2 is 2.09 bits per heavy atom. The molecule has 0 unspecified atom stereocenters. The predicted molar refractivity (Wildman–Crippen MR) is 86.1 cm³/mol. The van der Waals surface area contributed by atoms with E-state index in [0.29, 0.717) is 19.0 Å². The van der Waals surface area contributed by atoms with Gasteiger partial charge >= 0.3 is 6.03 Å². The van der Waals surface area contributed by atoms with E-state index in [1.54, 1.807) is 4.90 Å². The Bertz CT molecular complexity index is 503. The van der Waals surface area contributed by atoms with Crippen LogP contribution in [0.15, 0.2) is 18.2 Å². The lowest BCUT2D eigenvalue weighted by molar-refractivity contribution is 0.173. The van der Waals surface area contributed by atoms with Gasteiger partial charge in [0.25, 0.3) is 0 Å². The monoisotopic (exact) mass is 306 g/mol. The molecule has 1 aromatic rings. The van der Waals surface area contributed by atoms with Crippen LogP contribution in [0.5, 0.6) is 11.5 Å². The van der Waals surface area contributed by atoms with Crippen molar-refractivity contribution >= 4 is 6.03 Å². The van der Waals surface area contributed by atoms with Crippen LogP contribution in [-0.4, -0.2) is 30.8 Å². The predicted octanol–water partition coefficient (Wildman–Crippen LogP) is 3.38. The van der Waals surface area contributed by atoms with Gasteiger partial charge in [0.15, 0.2) is 11.5 Å². The normalized spacial score (nSPS) is 12.5. The molecule has 22 heavy (non-hydrogen) atoms. The fraction of sp³-hybridized carbons (Fsp3) is 0.588. The number of carbonyl (C=O) groups is 1. The van der Waals surface area contributed by atoms with E-state index in [1.165, 1.54) is 0 Å². The zero-order valence-corrected chi connectivity index (χ0v) is 13.7. The second-order valence-corrected chi connectivity index (χ2v) is 5.97. The van der Waals surface area contributed by atoms with Gasteiger partial charge in [-0.25, -0.2) is 4.79 Å². The van der Waals surface area contributed by atoms with E-state index in [0.717, 1.165) is 36.4 Å². The quantitative estimate of drug-likeness (QED) is 0.786. The third-order valence-corrected chi connectivity index (χ3v) is 3.71. The lowest BCUT2D eigenvalue weighted by atomic mass is 10.1. The molecule has 1 N–H and O–H groups in total. The highest BCUT2D eigenvalue weighted by molar-refractivity contribution is 5.74. The third-order valence-electron chi connectivity index (χ3n) is 3.71. The first kappa shape index (κ1) is 16.5. The summed E-state index contributed by atoms with van der Waals surface area (Å²) in [7, 11) is 0. The summed E-state index contributed by atoms with van der Waals surface area (Å²) in [5.41, 5.74) is 1.04. The van der Waals surface area contributed by atoms with Crippen LogP contribution >= 0.6 is 0 Å². The zero-order chi connectivity index (χ0) is 15.9. The average molecular weight is 306 g/mol. The summed E-state index contributed by atoms with van der Waals surface area (Å²) in [4.78, 5) is 14.0. The molecule has 0 aromatic heterocycles. The summed E-state index contributed by atoms with van der Waals surface area (Å²) in [6.45, 7) is 8.62. The molecule has 1 aliphatic rings. The summed E-state index contributed by atoms with van der Waals surface area (Å²) >= 11 is 0. The van der Waals surface area contributed by atoms with Gasteiger partial charge in [-0.2, -0.15) is 0 Å². The number of rotatable bonds is 7. The van der Waals surface area contributed by atoms with E-state index in [4.69, 9.17) is 9.47 Å². The minimum atomic E-state index is -0.0103. The van der Waals surface area contributed by atoms with E-state index in [1.807, 2.05) is 25.1 Å². The number of carbonyl (C=O) groups excluding carboxylic acids is 1. The van der Waals surface area contributed by atoms with Gasteiger partial charge < -0.3 is 19.7 Å². The Morgan fingerprint density at radius 1 is 1.32 bits per heavy atom. The maximum absolute atomic E-state index is 12.2. The van der Waals surface area contributed by atoms with Crippen molar-refractivity contribution in [2.24, 2.45) is 5.92 Å². The van der Waals surface area contributed by atoms with Crippen LogP contribution in [0.25, 0.3) is 0 Å². The Hall–Kier alpha value is -1.91. The number of fused-ring (bicyclic) bond motifs is 1. The standard InChI is InChI=1S/C17H26N2O3/c1-4-19(17(20)18-9-5-6-13(2)3)11-14-7-8-15-16(10-14)22-12-21-15/h7-8,10,13H,4-6,9,11-12H2,1-3H3,(H,18,20). The topological polar surface area (TPSA) is 50.8 Å². The lowest BCUT2D eigenvalue weighted by Gasteiger charge is -2.21. The molecule has 0 aliphatic carbocycles. The van der Waals surface area contributed by atoms with E-state index >= 15 is 0 Å². The molecule has 0 fully saturated rings. The second-order valence-electron chi connectivity index (χ2n) is 5.97. The molecule has 0 spiro atoms. The number of hydrogen-bond donors (Lipinski definition) is 1. The van der Waals surface area contributed by atoms with Crippen molar-refractivity contribution in [3.63, 3.8) is 0 Å². The third kappa shape index (κ3) is 4.55. The van der Waals surface area contributed by atoms with Gasteiger partial charge in [0.05, 0.1) is 0 Å². The molecule has 122 valence electrons. The molecule has 2 rings (SSSR count). The van der Waals surface area contributed by atoms with Gasteiger partial charge in [0.2, 0.25) is 6.79 Å². The van der Waals surface area contributed by atoms with Gasteiger partial charge in [0.1, 0.15) is 0 Å². The van der Waals surface area contributed by atoms with Crippen LogP contribution in [0.2, 0.25) is 0 Å². The van der Waals surface area contributed by atoms with Crippen LogP contribution in [0.3, 0.4) is 0 Å². The molecule has 0 saturated carbocycles. The Morgan fingerprint density at radius 3 is 2.82 bits per heavy atom. The first-order valence-corrected chi connectivity index (χ1v) is 8.01. The molecule has 1 aliphatic heterocycles. The highest BCUT2D eigenvalue weighted by Crippen LogP contribution is 2.32. The SMILES string of the molecule is CCN(Cc1ccc2c(c1)OCO2)C(=O)NCCCC(C)C. The first-order chi connectivity index (χ1) is 10.6. The Kier molecular flexibility index (Phi) is 5.92. The first-order valence-electron chi connectivity index (χ1n) is 8.01. The van der Waals surface area contributed by atoms with Crippen molar-refractivity contribution in [3.05, 3.63) is 23.8 Å². The van der Waals surface area contributed by atoms with Crippen LogP contribution in [0, 0.1) is 5.92 Å². The summed E-state index contributed by atoms with van der Waals surface area (Å²) in [5, 5.41) is 2.99. The maximum Gasteiger partial charge on any atom is 0.317 e. The fourth-order valence-corrected chi connectivity index (χ4v) is 2.40. The molecule has 5 heteroatoms. The molecule has 5 nitrogen and oxygen atoms in total. The minimum Gasteiger partial charge on any atom is -0.454 e. The van der Waals surface area contributed by atoms with Crippen molar-refractivity contribution in [1.29, 1.82) is 0 Å². The van der Waals surface area contributed by atoms with Gasteiger partial charge in [0, 0.05) is 19.6 Å². The van der Waals surface area contributed by atoms with Gasteiger partial charge in [-0.05, 0) is 43.4 Å². The van der Waals surface area contributed by atoms with E-state index in [9.17, 15) is 4.79 Å². The molecule has 1 aromatic carbocycles. The Balaban J connectivity index is 1.84. The average Bonchev–Trinajstić information content (AvgIpc) is 2.96. The van der Waals surface area contributed by atoms with E-state index in [2.05, 4.69) is 19.2 Å². The number of hydrogen-bond acceptors (Lipinski definition) is 3. The van der Waals surface area contributed by atoms with Crippen molar-refractivity contribution in [1.82, 2.24) is 10.2 Å². The lowest BCUT2D eigenvalue weighted by Crippen LogP contribution is -2.39. The molecule has 0 saturated heterocycles.